The lowest BCUT2D eigenvalue weighted by Gasteiger charge is -2.38. The molecule has 0 bridgehead atoms. The Morgan fingerprint density at radius 3 is 1.46 bits per heavy atom. The second-order valence-corrected chi connectivity index (χ2v) is 7.66. The summed E-state index contributed by atoms with van der Waals surface area (Å²) >= 11 is 0. The quantitative estimate of drug-likeness (QED) is 0.646. The van der Waals surface area contributed by atoms with Crippen LogP contribution in [0.25, 0.3) is 0 Å². The Morgan fingerprint density at radius 1 is 0.625 bits per heavy atom. The van der Waals surface area contributed by atoms with Crippen molar-refractivity contribution in [3.05, 3.63) is 106 Å². The SMILES string of the molecule is CC12C3c4ccccc4C1c1ccccc1C2(O)c1ccccc13. The van der Waals surface area contributed by atoms with Crippen LogP contribution in [0.5, 0.6) is 0 Å². The van der Waals surface area contributed by atoms with Crippen LogP contribution in [0.4, 0.5) is 0 Å². The van der Waals surface area contributed by atoms with E-state index >= 15 is 0 Å². The molecule has 0 spiro atoms. The molecule has 0 aliphatic heterocycles. The maximum absolute atomic E-state index is 12.1. The van der Waals surface area contributed by atoms with Crippen LogP contribution in [0, 0.1) is 5.41 Å². The molecule has 1 heteroatoms. The predicted molar refractivity (Wildman–Crippen MR) is 94.1 cm³/mol. The Labute approximate surface area is 141 Å². The highest BCUT2D eigenvalue weighted by atomic mass is 16.3. The minimum absolute atomic E-state index is 0.246. The Bertz CT molecular complexity index is 941. The van der Waals surface area contributed by atoms with Gasteiger partial charge in [0.2, 0.25) is 0 Å². The van der Waals surface area contributed by atoms with Gasteiger partial charge < -0.3 is 5.11 Å². The molecule has 6 rings (SSSR count). The molecular formula is C23H18O. The van der Waals surface area contributed by atoms with Gasteiger partial charge in [0.25, 0.3) is 0 Å². The summed E-state index contributed by atoms with van der Waals surface area (Å²) in [5.41, 5.74) is 6.42. The van der Waals surface area contributed by atoms with E-state index in [0.717, 1.165) is 11.1 Å². The minimum atomic E-state index is -0.908. The van der Waals surface area contributed by atoms with E-state index in [1.54, 1.807) is 0 Å². The summed E-state index contributed by atoms with van der Waals surface area (Å²) in [6.07, 6.45) is 0. The first-order chi connectivity index (χ1) is 11.7. The number of rotatable bonds is 0. The summed E-state index contributed by atoms with van der Waals surface area (Å²) in [5.74, 6) is 0.514. The number of aliphatic hydroxyl groups is 1. The van der Waals surface area contributed by atoms with Crippen molar-refractivity contribution in [1.82, 2.24) is 0 Å². The third-order valence-corrected chi connectivity index (χ3v) is 6.92. The summed E-state index contributed by atoms with van der Waals surface area (Å²) in [4.78, 5) is 0. The standard InChI is InChI=1S/C23H18O/c1-22-20-14-8-2-3-9-15(14)21(22)17-11-5-7-13-19(17)23(22,24)18-12-6-4-10-16(18)20/h2-13,20-21,24H,1H3. The molecule has 116 valence electrons. The Kier molecular flexibility index (Phi) is 2.06. The zero-order valence-electron chi connectivity index (χ0n) is 13.5. The molecule has 1 nitrogen and oxygen atoms in total. The van der Waals surface area contributed by atoms with Crippen LogP contribution in [-0.2, 0) is 5.60 Å². The van der Waals surface area contributed by atoms with Gasteiger partial charge in [-0.3, -0.25) is 0 Å². The minimum Gasteiger partial charge on any atom is -0.380 e. The molecule has 2 unspecified atom stereocenters. The summed E-state index contributed by atoms with van der Waals surface area (Å²) in [5, 5.41) is 12.1. The molecular weight excluding hydrogens is 292 g/mol. The number of hydrogen-bond donors (Lipinski definition) is 1. The molecule has 24 heavy (non-hydrogen) atoms. The van der Waals surface area contributed by atoms with E-state index in [4.69, 9.17) is 0 Å². The van der Waals surface area contributed by atoms with Crippen molar-refractivity contribution in [3.63, 3.8) is 0 Å². The molecule has 3 aliphatic rings. The summed E-state index contributed by atoms with van der Waals surface area (Å²) in [6, 6.07) is 25.8. The second kappa shape index (κ2) is 3.81. The number of fused-ring (bicyclic) bond motifs is 9. The molecule has 0 amide bonds. The topological polar surface area (TPSA) is 20.2 Å². The van der Waals surface area contributed by atoms with Gasteiger partial charge in [0, 0.05) is 17.3 Å². The average Bonchev–Trinajstić information content (AvgIpc) is 3.09. The van der Waals surface area contributed by atoms with E-state index in [9.17, 15) is 5.11 Å². The lowest BCUT2D eigenvalue weighted by molar-refractivity contribution is -0.0264. The predicted octanol–water partition coefficient (Wildman–Crippen LogP) is 4.53. The number of benzene rings is 3. The smallest absolute Gasteiger partial charge is 0.122 e. The van der Waals surface area contributed by atoms with Crippen molar-refractivity contribution in [2.45, 2.75) is 24.4 Å². The van der Waals surface area contributed by atoms with E-state index < -0.39 is 5.60 Å². The van der Waals surface area contributed by atoms with E-state index in [-0.39, 0.29) is 17.3 Å². The molecule has 0 fully saturated rings. The van der Waals surface area contributed by atoms with Gasteiger partial charge in [-0.15, -0.1) is 0 Å². The Hall–Kier alpha value is -2.38. The van der Waals surface area contributed by atoms with Gasteiger partial charge >= 0.3 is 0 Å². The van der Waals surface area contributed by atoms with E-state index in [1.807, 2.05) is 0 Å². The first kappa shape index (κ1) is 13.0. The van der Waals surface area contributed by atoms with Crippen LogP contribution < -0.4 is 0 Å². The van der Waals surface area contributed by atoms with Crippen LogP contribution in [0.15, 0.2) is 72.8 Å². The van der Waals surface area contributed by atoms with Crippen molar-refractivity contribution in [3.8, 4) is 0 Å². The normalized spacial score (nSPS) is 33.8. The molecule has 1 N–H and O–H groups in total. The lowest BCUT2D eigenvalue weighted by Crippen LogP contribution is -2.39. The summed E-state index contributed by atoms with van der Waals surface area (Å²) in [7, 11) is 0. The highest BCUT2D eigenvalue weighted by molar-refractivity contribution is 5.69. The zero-order chi connectivity index (χ0) is 16.1. The fourth-order valence-corrected chi connectivity index (χ4v) is 6.13. The van der Waals surface area contributed by atoms with Gasteiger partial charge in [0.15, 0.2) is 0 Å². The first-order valence-corrected chi connectivity index (χ1v) is 8.69. The monoisotopic (exact) mass is 310 g/mol. The maximum atomic E-state index is 12.1. The van der Waals surface area contributed by atoms with E-state index in [0.29, 0.717) is 0 Å². The molecule has 0 heterocycles. The van der Waals surface area contributed by atoms with Gasteiger partial charge in [-0.25, -0.2) is 0 Å². The van der Waals surface area contributed by atoms with Gasteiger partial charge in [0.05, 0.1) is 0 Å². The largest absolute Gasteiger partial charge is 0.380 e. The van der Waals surface area contributed by atoms with Crippen molar-refractivity contribution >= 4 is 0 Å². The van der Waals surface area contributed by atoms with Crippen LogP contribution in [-0.4, -0.2) is 5.11 Å². The van der Waals surface area contributed by atoms with Crippen LogP contribution in [0.3, 0.4) is 0 Å². The second-order valence-electron chi connectivity index (χ2n) is 7.66. The van der Waals surface area contributed by atoms with E-state index in [1.165, 1.54) is 22.3 Å². The molecule has 3 aromatic carbocycles. The summed E-state index contributed by atoms with van der Waals surface area (Å²) < 4.78 is 0. The van der Waals surface area contributed by atoms with Crippen molar-refractivity contribution < 1.29 is 5.11 Å². The van der Waals surface area contributed by atoms with Crippen molar-refractivity contribution in [1.29, 1.82) is 0 Å². The summed E-state index contributed by atoms with van der Waals surface area (Å²) in [6.45, 7) is 2.29. The third kappa shape index (κ3) is 1.07. The highest BCUT2D eigenvalue weighted by Crippen LogP contribution is 2.77. The number of hydrogen-bond acceptors (Lipinski definition) is 1. The van der Waals surface area contributed by atoms with Gasteiger partial charge in [-0.05, 0) is 33.4 Å². The third-order valence-electron chi connectivity index (χ3n) is 6.92. The molecule has 3 aromatic rings. The molecule has 2 atom stereocenters. The lowest BCUT2D eigenvalue weighted by atomic mass is 9.68. The molecule has 0 radical (unpaired) electrons. The van der Waals surface area contributed by atoms with Crippen molar-refractivity contribution in [2.24, 2.45) is 5.41 Å². The van der Waals surface area contributed by atoms with E-state index in [2.05, 4.69) is 79.7 Å². The Balaban J connectivity index is 1.85. The molecule has 0 saturated heterocycles. The highest BCUT2D eigenvalue weighted by Gasteiger charge is 2.72. The van der Waals surface area contributed by atoms with Crippen molar-refractivity contribution in [2.75, 3.05) is 0 Å². The van der Waals surface area contributed by atoms with Gasteiger partial charge in [0.1, 0.15) is 5.60 Å². The van der Waals surface area contributed by atoms with Crippen LogP contribution >= 0.6 is 0 Å². The van der Waals surface area contributed by atoms with Crippen LogP contribution in [0.2, 0.25) is 0 Å². The fourth-order valence-electron chi connectivity index (χ4n) is 6.13. The average molecular weight is 310 g/mol. The van der Waals surface area contributed by atoms with Crippen LogP contribution in [0.1, 0.15) is 52.1 Å². The zero-order valence-corrected chi connectivity index (χ0v) is 13.5. The molecule has 0 aromatic heterocycles. The molecule has 0 saturated carbocycles. The first-order valence-electron chi connectivity index (χ1n) is 8.69. The fraction of sp³-hybridized carbons (Fsp3) is 0.217. The van der Waals surface area contributed by atoms with Gasteiger partial charge in [-0.2, -0.15) is 0 Å². The Morgan fingerprint density at radius 2 is 1.00 bits per heavy atom. The maximum Gasteiger partial charge on any atom is 0.122 e. The van der Waals surface area contributed by atoms with Gasteiger partial charge in [-0.1, -0.05) is 79.7 Å². The molecule has 3 aliphatic carbocycles.